The van der Waals surface area contributed by atoms with Crippen LogP contribution >= 0.6 is 0 Å². The van der Waals surface area contributed by atoms with Crippen molar-refractivity contribution in [1.82, 2.24) is 0 Å². The van der Waals surface area contributed by atoms with Gasteiger partial charge >= 0.3 is 5.97 Å². The molecule has 1 saturated carbocycles. The lowest BCUT2D eigenvalue weighted by molar-refractivity contribution is -0.147. The van der Waals surface area contributed by atoms with E-state index in [1.807, 2.05) is 0 Å². The van der Waals surface area contributed by atoms with E-state index in [0.29, 0.717) is 30.3 Å². The van der Waals surface area contributed by atoms with Crippen molar-refractivity contribution in [3.63, 3.8) is 0 Å². The predicted molar refractivity (Wildman–Crippen MR) is 59.7 cm³/mol. The molecule has 0 amide bonds. The molecule has 0 aliphatic heterocycles. The van der Waals surface area contributed by atoms with Crippen molar-refractivity contribution in [2.75, 3.05) is 0 Å². The molecule has 0 atom stereocenters. The van der Waals surface area contributed by atoms with Gasteiger partial charge in [0.25, 0.3) is 0 Å². The van der Waals surface area contributed by atoms with E-state index in [1.54, 1.807) is 6.92 Å². The molecule has 1 aliphatic carbocycles. The lowest BCUT2D eigenvalue weighted by Crippen LogP contribution is -2.43. The van der Waals surface area contributed by atoms with Gasteiger partial charge in [-0.3, -0.25) is 9.59 Å². The van der Waals surface area contributed by atoms with Gasteiger partial charge < -0.3 is 5.11 Å². The molecule has 1 N–H and O–H groups in total. The summed E-state index contributed by atoms with van der Waals surface area (Å²) >= 11 is 0. The van der Waals surface area contributed by atoms with Gasteiger partial charge in [-0.05, 0) is 37.0 Å². The second-order valence-corrected chi connectivity index (χ2v) is 4.55. The Morgan fingerprint density at radius 3 is 2.53 bits per heavy atom. The summed E-state index contributed by atoms with van der Waals surface area (Å²) in [5.74, 6) is -1.41. The van der Waals surface area contributed by atoms with E-state index in [9.17, 15) is 19.1 Å². The standard InChI is InChI=1S/C13H13FO3/c1-8-5-10(9(7-15)6-11(8)14)13(12(16)17)3-2-4-13/h5-7H,2-4H2,1H3,(H,16,17). The molecule has 90 valence electrons. The summed E-state index contributed by atoms with van der Waals surface area (Å²) < 4.78 is 13.4. The highest BCUT2D eigenvalue weighted by Crippen LogP contribution is 2.45. The molecule has 0 unspecified atom stereocenters. The van der Waals surface area contributed by atoms with Crippen LogP contribution < -0.4 is 0 Å². The predicted octanol–water partition coefficient (Wildman–Crippen LogP) is 2.45. The minimum Gasteiger partial charge on any atom is -0.481 e. The second-order valence-electron chi connectivity index (χ2n) is 4.55. The highest BCUT2D eigenvalue weighted by molar-refractivity contribution is 5.88. The van der Waals surface area contributed by atoms with Crippen molar-refractivity contribution in [3.8, 4) is 0 Å². The lowest BCUT2D eigenvalue weighted by Gasteiger charge is -2.39. The van der Waals surface area contributed by atoms with Gasteiger partial charge in [-0.25, -0.2) is 4.39 Å². The Kier molecular flexibility index (Phi) is 2.73. The highest BCUT2D eigenvalue weighted by atomic mass is 19.1. The lowest BCUT2D eigenvalue weighted by atomic mass is 9.63. The van der Waals surface area contributed by atoms with Crippen molar-refractivity contribution >= 4 is 12.3 Å². The van der Waals surface area contributed by atoms with Crippen LogP contribution in [-0.4, -0.2) is 17.4 Å². The molecular formula is C13H13FO3. The molecule has 1 aromatic carbocycles. The number of hydrogen-bond acceptors (Lipinski definition) is 2. The first-order valence-corrected chi connectivity index (χ1v) is 5.50. The van der Waals surface area contributed by atoms with E-state index in [1.165, 1.54) is 6.07 Å². The van der Waals surface area contributed by atoms with E-state index in [2.05, 4.69) is 0 Å². The van der Waals surface area contributed by atoms with Crippen molar-refractivity contribution in [3.05, 3.63) is 34.6 Å². The van der Waals surface area contributed by atoms with Gasteiger partial charge in [0.15, 0.2) is 0 Å². The molecular weight excluding hydrogens is 223 g/mol. The zero-order valence-corrected chi connectivity index (χ0v) is 9.50. The maximum atomic E-state index is 13.4. The molecule has 0 spiro atoms. The number of aldehydes is 1. The quantitative estimate of drug-likeness (QED) is 0.820. The van der Waals surface area contributed by atoms with Crippen LogP contribution in [-0.2, 0) is 10.2 Å². The molecule has 4 heteroatoms. The molecule has 0 radical (unpaired) electrons. The third-order valence-electron chi connectivity index (χ3n) is 3.59. The van der Waals surface area contributed by atoms with Crippen molar-refractivity contribution in [2.24, 2.45) is 0 Å². The van der Waals surface area contributed by atoms with Gasteiger partial charge in [0.2, 0.25) is 0 Å². The number of carbonyl (C=O) groups is 2. The van der Waals surface area contributed by atoms with Crippen LogP contribution in [0.3, 0.4) is 0 Å². The summed E-state index contributed by atoms with van der Waals surface area (Å²) in [5, 5.41) is 9.31. The Labute approximate surface area is 98.3 Å². The van der Waals surface area contributed by atoms with Crippen LogP contribution in [0.25, 0.3) is 0 Å². The zero-order valence-electron chi connectivity index (χ0n) is 9.50. The maximum absolute atomic E-state index is 13.4. The fraction of sp³-hybridized carbons (Fsp3) is 0.385. The Morgan fingerprint density at radius 1 is 1.47 bits per heavy atom. The third-order valence-corrected chi connectivity index (χ3v) is 3.59. The number of aliphatic carboxylic acids is 1. The smallest absolute Gasteiger partial charge is 0.314 e. The van der Waals surface area contributed by atoms with E-state index in [0.717, 1.165) is 12.5 Å². The molecule has 1 aliphatic rings. The first-order chi connectivity index (χ1) is 8.01. The normalized spacial score (nSPS) is 17.3. The van der Waals surface area contributed by atoms with Crippen LogP contribution in [0.4, 0.5) is 4.39 Å². The Bertz CT molecular complexity index is 490. The second kappa shape index (κ2) is 3.95. The molecule has 1 fully saturated rings. The molecule has 17 heavy (non-hydrogen) atoms. The topological polar surface area (TPSA) is 54.4 Å². The SMILES string of the molecule is Cc1cc(C2(C(=O)O)CCC2)c(C=O)cc1F. The molecule has 0 saturated heterocycles. The average molecular weight is 236 g/mol. The average Bonchev–Trinajstić information content (AvgIpc) is 2.20. The molecule has 1 aromatic rings. The minimum atomic E-state index is -0.991. The Morgan fingerprint density at radius 2 is 2.12 bits per heavy atom. The van der Waals surface area contributed by atoms with Gasteiger partial charge in [0.1, 0.15) is 12.1 Å². The first kappa shape index (κ1) is 11.8. The van der Waals surface area contributed by atoms with Crippen molar-refractivity contribution in [1.29, 1.82) is 0 Å². The van der Waals surface area contributed by atoms with Crippen LogP contribution in [0.5, 0.6) is 0 Å². The Hall–Kier alpha value is -1.71. The van der Waals surface area contributed by atoms with E-state index in [4.69, 9.17) is 0 Å². The monoisotopic (exact) mass is 236 g/mol. The largest absolute Gasteiger partial charge is 0.481 e. The number of rotatable bonds is 3. The number of benzene rings is 1. The summed E-state index contributed by atoms with van der Waals surface area (Å²) in [5.41, 5.74) is -0.0206. The third kappa shape index (κ3) is 1.64. The van der Waals surface area contributed by atoms with Gasteiger partial charge in [-0.15, -0.1) is 0 Å². The number of carbonyl (C=O) groups excluding carboxylic acids is 1. The summed E-state index contributed by atoms with van der Waals surface area (Å²) in [6.07, 6.45) is 2.37. The minimum absolute atomic E-state index is 0.148. The number of carboxylic acids is 1. The van der Waals surface area contributed by atoms with Gasteiger partial charge in [-0.1, -0.05) is 12.5 Å². The summed E-state index contributed by atoms with van der Waals surface area (Å²) in [6.45, 7) is 1.57. The van der Waals surface area contributed by atoms with Gasteiger partial charge in [0.05, 0.1) is 5.41 Å². The molecule has 0 bridgehead atoms. The van der Waals surface area contributed by atoms with Gasteiger partial charge in [-0.2, -0.15) is 0 Å². The molecule has 0 aromatic heterocycles. The highest BCUT2D eigenvalue weighted by Gasteiger charge is 2.47. The van der Waals surface area contributed by atoms with E-state index >= 15 is 0 Å². The van der Waals surface area contributed by atoms with Crippen LogP contribution in [0.15, 0.2) is 12.1 Å². The number of aryl methyl sites for hydroxylation is 1. The molecule has 0 heterocycles. The van der Waals surface area contributed by atoms with E-state index < -0.39 is 17.2 Å². The summed E-state index contributed by atoms with van der Waals surface area (Å²) in [6, 6.07) is 2.62. The van der Waals surface area contributed by atoms with Crippen LogP contribution in [0, 0.1) is 12.7 Å². The van der Waals surface area contributed by atoms with Crippen molar-refractivity contribution < 1.29 is 19.1 Å². The maximum Gasteiger partial charge on any atom is 0.314 e. The van der Waals surface area contributed by atoms with Crippen molar-refractivity contribution in [2.45, 2.75) is 31.6 Å². The zero-order chi connectivity index (χ0) is 12.6. The number of halogens is 1. The fourth-order valence-electron chi connectivity index (χ4n) is 2.34. The van der Waals surface area contributed by atoms with Crippen LogP contribution in [0.1, 0.15) is 40.7 Å². The summed E-state index contributed by atoms with van der Waals surface area (Å²) in [7, 11) is 0. The first-order valence-electron chi connectivity index (χ1n) is 5.50. The summed E-state index contributed by atoms with van der Waals surface area (Å²) in [4.78, 5) is 22.3. The Balaban J connectivity index is 2.61. The van der Waals surface area contributed by atoms with Crippen LogP contribution in [0.2, 0.25) is 0 Å². The number of hydrogen-bond donors (Lipinski definition) is 1. The molecule has 3 nitrogen and oxygen atoms in total. The van der Waals surface area contributed by atoms with E-state index in [-0.39, 0.29) is 5.56 Å². The van der Waals surface area contributed by atoms with Gasteiger partial charge in [0, 0.05) is 5.56 Å². The molecule has 2 rings (SSSR count). The fourth-order valence-corrected chi connectivity index (χ4v) is 2.34. The number of carboxylic acid groups (broad SMARTS) is 1.